The van der Waals surface area contributed by atoms with Crippen LogP contribution in [-0.4, -0.2) is 50.4 Å². The van der Waals surface area contributed by atoms with Crippen molar-refractivity contribution in [3.05, 3.63) is 126 Å². The Hall–Kier alpha value is -5.98. The van der Waals surface area contributed by atoms with E-state index in [1.165, 1.54) is 0 Å². The number of pyridine rings is 1. The molecule has 7 rings (SSSR count). The van der Waals surface area contributed by atoms with E-state index in [-0.39, 0.29) is 23.0 Å². The lowest BCUT2D eigenvalue weighted by molar-refractivity contribution is -0.00767. The van der Waals surface area contributed by atoms with Crippen LogP contribution in [-0.2, 0) is 0 Å². The van der Waals surface area contributed by atoms with Crippen LogP contribution in [0.3, 0.4) is 0 Å². The number of nitrogens with zero attached hydrogens (tertiary/aromatic N) is 4. The van der Waals surface area contributed by atoms with Crippen LogP contribution in [0.2, 0.25) is 0 Å². The van der Waals surface area contributed by atoms with Gasteiger partial charge in [0.25, 0.3) is 5.91 Å². The molecule has 51 heavy (non-hydrogen) atoms. The predicted octanol–water partition coefficient (Wildman–Crippen LogP) is 7.67. The molecule has 1 fully saturated rings. The van der Waals surface area contributed by atoms with Crippen molar-refractivity contribution >= 4 is 39.3 Å². The number of anilines is 1. The van der Waals surface area contributed by atoms with Gasteiger partial charge in [-0.05, 0) is 108 Å². The molecule has 0 unspecified atom stereocenters. The quantitative estimate of drug-likeness (QED) is 0.165. The molecule has 258 valence electrons. The van der Waals surface area contributed by atoms with E-state index >= 15 is 0 Å². The van der Waals surface area contributed by atoms with Crippen molar-refractivity contribution in [2.24, 2.45) is 11.5 Å². The fourth-order valence-electron chi connectivity index (χ4n) is 7.46. The number of primary amides is 2. The Morgan fingerprint density at radius 3 is 2.10 bits per heavy atom. The van der Waals surface area contributed by atoms with Gasteiger partial charge in [-0.1, -0.05) is 48.5 Å². The summed E-state index contributed by atoms with van der Waals surface area (Å²) >= 11 is 0. The maximum atomic E-state index is 12.6. The van der Waals surface area contributed by atoms with Crippen molar-refractivity contribution in [2.75, 3.05) is 12.4 Å². The van der Waals surface area contributed by atoms with Gasteiger partial charge in [0.1, 0.15) is 11.8 Å². The number of rotatable bonds is 6. The molecular formula is C42H43N7O2. The number of fused-ring (bicyclic) bond motifs is 3. The summed E-state index contributed by atoms with van der Waals surface area (Å²) in [5, 5.41) is 15.2. The van der Waals surface area contributed by atoms with Crippen LogP contribution in [0.15, 0.2) is 109 Å². The fourth-order valence-corrected chi connectivity index (χ4v) is 7.46. The maximum Gasteiger partial charge on any atom is 0.250 e. The Kier molecular flexibility index (Phi) is 9.39. The minimum Gasteiger partial charge on any atom is -0.381 e. The number of hydrogen-bond donors (Lipinski definition) is 3. The summed E-state index contributed by atoms with van der Waals surface area (Å²) < 4.78 is 2.24. The van der Waals surface area contributed by atoms with Gasteiger partial charge in [-0.2, -0.15) is 5.26 Å². The number of amides is 2. The molecule has 1 saturated heterocycles. The topological polar surface area (TPSA) is 143 Å². The third-order valence-electron chi connectivity index (χ3n) is 10.1. The van der Waals surface area contributed by atoms with Gasteiger partial charge >= 0.3 is 0 Å². The van der Waals surface area contributed by atoms with Crippen molar-refractivity contribution in [1.82, 2.24) is 14.5 Å². The highest BCUT2D eigenvalue weighted by Gasteiger charge is 2.43. The first kappa shape index (κ1) is 34.9. The molecule has 2 amide bonds. The highest BCUT2D eigenvalue weighted by atomic mass is 16.1. The number of carbonyl (C=O) groups excluding carboxylic acids is 2. The minimum absolute atomic E-state index is 0.00650. The fraction of sp³-hybridized carbons (Fsp3) is 0.238. The summed E-state index contributed by atoms with van der Waals surface area (Å²) in [7, 11) is 2.19. The Labute approximate surface area is 298 Å². The maximum absolute atomic E-state index is 12.6. The van der Waals surface area contributed by atoms with Crippen molar-refractivity contribution in [1.29, 1.82) is 5.26 Å². The lowest BCUT2D eigenvalue weighted by atomic mass is 9.77. The number of benzene rings is 4. The number of nitrogens with one attached hydrogen (secondary N) is 1. The van der Waals surface area contributed by atoms with E-state index in [0.717, 1.165) is 57.1 Å². The molecule has 2 aromatic heterocycles. The van der Waals surface area contributed by atoms with Crippen LogP contribution in [0.5, 0.6) is 0 Å². The zero-order chi connectivity index (χ0) is 36.5. The van der Waals surface area contributed by atoms with Gasteiger partial charge in [-0.25, -0.2) is 4.98 Å². The lowest BCUT2D eigenvalue weighted by Gasteiger charge is -2.54. The predicted molar refractivity (Wildman–Crippen MR) is 205 cm³/mol. The van der Waals surface area contributed by atoms with Crippen LogP contribution >= 0.6 is 0 Å². The standard InChI is InChI=1S/C35H36N6O.C7H7NO/c1-34(2)18-24(19-35(3,4)40(34)5)39-29-17-25(15-16-27(29)33(37)42)41-30-11-7-6-9-28(30)32-26(10-8-12-31(32)41)22-13-14-23(20-36)38-21-22;8-7(9)6-4-2-1-3-5-6/h6-17,21,24,39H,18-19H2,1-5H3,(H2,37,42);1-5H,(H2,8,9). The Balaban J connectivity index is 0.000000435. The summed E-state index contributed by atoms with van der Waals surface area (Å²) in [6.45, 7) is 9.08. The smallest absolute Gasteiger partial charge is 0.250 e. The summed E-state index contributed by atoms with van der Waals surface area (Å²) in [4.78, 5) is 29.8. The van der Waals surface area contributed by atoms with Gasteiger partial charge in [0, 0.05) is 56.6 Å². The molecule has 6 aromatic rings. The van der Waals surface area contributed by atoms with Crippen molar-refractivity contribution in [3.63, 3.8) is 0 Å². The van der Waals surface area contributed by atoms with Crippen LogP contribution in [0, 0.1) is 11.3 Å². The number of likely N-dealkylation sites (tertiary alicyclic amines) is 1. The van der Waals surface area contributed by atoms with E-state index in [0.29, 0.717) is 16.8 Å². The third kappa shape index (κ3) is 6.91. The summed E-state index contributed by atoms with van der Waals surface area (Å²) in [5.74, 6) is -0.830. The van der Waals surface area contributed by atoms with Gasteiger partial charge in [0.15, 0.2) is 0 Å². The van der Waals surface area contributed by atoms with Crippen molar-refractivity contribution < 1.29 is 9.59 Å². The highest BCUT2D eigenvalue weighted by Crippen LogP contribution is 2.41. The molecule has 0 spiro atoms. The molecule has 0 aliphatic carbocycles. The number of piperidine rings is 1. The second-order valence-corrected chi connectivity index (χ2v) is 14.4. The van der Waals surface area contributed by atoms with Crippen LogP contribution in [0.4, 0.5) is 5.69 Å². The molecule has 0 atom stereocenters. The number of nitriles is 1. The SMILES string of the molecule is CN1C(C)(C)CC(Nc2cc(-n3c4ccccc4c4c(-c5ccc(C#N)nc5)cccc43)ccc2C(N)=O)CC1(C)C.NC(=O)c1ccccc1. The van der Waals surface area contributed by atoms with Crippen LogP contribution in [0.25, 0.3) is 38.6 Å². The zero-order valence-corrected chi connectivity index (χ0v) is 29.6. The molecule has 4 aromatic carbocycles. The Morgan fingerprint density at radius 1 is 0.824 bits per heavy atom. The van der Waals surface area contributed by atoms with E-state index in [9.17, 15) is 14.9 Å². The zero-order valence-electron chi connectivity index (χ0n) is 29.6. The lowest BCUT2D eigenvalue weighted by Crippen LogP contribution is -2.61. The van der Waals surface area contributed by atoms with Crippen molar-refractivity contribution in [2.45, 2.75) is 57.7 Å². The first-order valence-corrected chi connectivity index (χ1v) is 17.0. The monoisotopic (exact) mass is 677 g/mol. The Morgan fingerprint density at radius 2 is 1.49 bits per heavy atom. The molecule has 9 nitrogen and oxygen atoms in total. The second kappa shape index (κ2) is 13.7. The number of para-hydroxylation sites is 1. The molecular weight excluding hydrogens is 635 g/mol. The molecule has 0 radical (unpaired) electrons. The summed E-state index contributed by atoms with van der Waals surface area (Å²) in [5.41, 5.74) is 18.0. The van der Waals surface area contributed by atoms with Gasteiger partial charge in [-0.3, -0.25) is 14.5 Å². The van der Waals surface area contributed by atoms with Gasteiger partial charge < -0.3 is 21.4 Å². The minimum atomic E-state index is -0.451. The number of carbonyl (C=O) groups is 2. The van der Waals surface area contributed by atoms with E-state index in [1.807, 2.05) is 42.5 Å². The molecule has 5 N–H and O–H groups in total. The normalized spacial score (nSPS) is 15.5. The highest BCUT2D eigenvalue weighted by molar-refractivity contribution is 6.15. The summed E-state index contributed by atoms with van der Waals surface area (Å²) in [6.07, 6.45) is 3.63. The molecule has 9 heteroatoms. The first-order chi connectivity index (χ1) is 24.3. The van der Waals surface area contributed by atoms with Gasteiger partial charge in [-0.15, -0.1) is 0 Å². The van der Waals surface area contributed by atoms with E-state index in [1.54, 1.807) is 36.5 Å². The molecule has 1 aliphatic rings. The van der Waals surface area contributed by atoms with Crippen molar-refractivity contribution in [3.8, 4) is 22.9 Å². The number of nitrogens with two attached hydrogens (primary N) is 2. The number of hydrogen-bond acceptors (Lipinski definition) is 6. The molecule has 0 saturated carbocycles. The average molecular weight is 678 g/mol. The second-order valence-electron chi connectivity index (χ2n) is 14.4. The van der Waals surface area contributed by atoms with Crippen LogP contribution in [0.1, 0.15) is 66.9 Å². The van der Waals surface area contributed by atoms with E-state index in [2.05, 4.69) is 90.9 Å². The molecule has 3 heterocycles. The largest absolute Gasteiger partial charge is 0.381 e. The Bertz CT molecular complexity index is 2260. The first-order valence-electron chi connectivity index (χ1n) is 17.0. The summed E-state index contributed by atoms with van der Waals surface area (Å²) in [6, 6.07) is 35.2. The molecule has 1 aliphatic heterocycles. The van der Waals surface area contributed by atoms with Gasteiger partial charge in [0.2, 0.25) is 5.91 Å². The van der Waals surface area contributed by atoms with E-state index in [4.69, 9.17) is 11.5 Å². The third-order valence-corrected chi connectivity index (χ3v) is 10.1. The average Bonchev–Trinajstić information content (AvgIpc) is 3.45. The van der Waals surface area contributed by atoms with E-state index < -0.39 is 5.91 Å². The number of aromatic nitrogens is 2. The van der Waals surface area contributed by atoms with Crippen LogP contribution < -0.4 is 16.8 Å². The van der Waals surface area contributed by atoms with Gasteiger partial charge in [0.05, 0.1) is 16.6 Å². The molecule has 0 bridgehead atoms.